The van der Waals surface area contributed by atoms with Crippen LogP contribution in [0.3, 0.4) is 0 Å². The summed E-state index contributed by atoms with van der Waals surface area (Å²) in [5, 5.41) is 3.32. The smallest absolute Gasteiger partial charge is 0.372 e. The molecule has 0 N–H and O–H groups in total. The lowest BCUT2D eigenvalue weighted by Crippen LogP contribution is -2.48. The van der Waals surface area contributed by atoms with E-state index in [0.717, 1.165) is 0 Å². The third-order valence-electron chi connectivity index (χ3n) is 3.77. The summed E-state index contributed by atoms with van der Waals surface area (Å²) in [4.78, 5) is 17.6. The van der Waals surface area contributed by atoms with Gasteiger partial charge in [-0.2, -0.15) is 18.2 Å². The minimum absolute atomic E-state index is 0.0490. The predicted molar refractivity (Wildman–Crippen MR) is 80.6 cm³/mol. The maximum Gasteiger partial charge on any atom is 0.471 e. The van der Waals surface area contributed by atoms with Crippen molar-refractivity contribution >= 4 is 5.91 Å². The lowest BCUT2D eigenvalue weighted by Gasteiger charge is -2.35. The quantitative estimate of drug-likeness (QED) is 0.828. The van der Waals surface area contributed by atoms with Gasteiger partial charge in [0.1, 0.15) is 0 Å². The van der Waals surface area contributed by atoms with E-state index >= 15 is 0 Å². The number of benzene rings is 1. The fourth-order valence-electron chi connectivity index (χ4n) is 2.74. The molecular formula is C16H16F3N3O3. The van der Waals surface area contributed by atoms with Crippen LogP contribution in [-0.4, -0.2) is 46.2 Å². The van der Waals surface area contributed by atoms with E-state index in [0.29, 0.717) is 24.2 Å². The molecule has 2 atom stereocenters. The van der Waals surface area contributed by atoms with E-state index in [2.05, 4.69) is 14.7 Å². The van der Waals surface area contributed by atoms with Crippen molar-refractivity contribution < 1.29 is 27.2 Å². The van der Waals surface area contributed by atoms with Crippen molar-refractivity contribution in [2.45, 2.75) is 32.2 Å². The molecule has 2 heterocycles. The van der Waals surface area contributed by atoms with Crippen LogP contribution in [0.5, 0.6) is 0 Å². The summed E-state index contributed by atoms with van der Waals surface area (Å²) in [7, 11) is 0. The Morgan fingerprint density at radius 3 is 2.28 bits per heavy atom. The highest BCUT2D eigenvalue weighted by molar-refractivity contribution is 5.94. The Hall–Kier alpha value is -2.42. The number of nitrogens with zero attached hydrogens (tertiary/aromatic N) is 3. The second-order valence-corrected chi connectivity index (χ2v) is 5.97. The van der Waals surface area contributed by atoms with Gasteiger partial charge in [0.15, 0.2) is 0 Å². The van der Waals surface area contributed by atoms with Gasteiger partial charge in [-0.1, -0.05) is 17.3 Å². The molecule has 0 saturated carbocycles. The molecule has 1 aliphatic rings. The molecular weight excluding hydrogens is 339 g/mol. The Labute approximate surface area is 141 Å². The molecule has 3 rings (SSSR count). The highest BCUT2D eigenvalue weighted by Gasteiger charge is 2.38. The van der Waals surface area contributed by atoms with Crippen LogP contribution in [0.1, 0.15) is 30.1 Å². The summed E-state index contributed by atoms with van der Waals surface area (Å²) in [6.45, 7) is 4.77. The molecule has 6 nitrogen and oxygen atoms in total. The van der Waals surface area contributed by atoms with Crippen molar-refractivity contribution in [3.63, 3.8) is 0 Å². The molecule has 0 radical (unpaired) electrons. The predicted octanol–water partition coefficient (Wildman–Crippen LogP) is 3.00. The van der Waals surface area contributed by atoms with Crippen LogP contribution in [0.4, 0.5) is 13.2 Å². The first-order chi connectivity index (χ1) is 11.7. The molecule has 1 aromatic carbocycles. The van der Waals surface area contributed by atoms with Crippen LogP contribution in [0, 0.1) is 0 Å². The number of morpholine rings is 1. The molecule has 2 aromatic rings. The number of rotatable bonds is 2. The molecule has 1 fully saturated rings. The van der Waals surface area contributed by atoms with Gasteiger partial charge in [-0.25, -0.2) is 0 Å². The third-order valence-corrected chi connectivity index (χ3v) is 3.77. The Kier molecular flexibility index (Phi) is 4.51. The van der Waals surface area contributed by atoms with Gasteiger partial charge < -0.3 is 14.2 Å². The van der Waals surface area contributed by atoms with Gasteiger partial charge in [0, 0.05) is 24.2 Å². The van der Waals surface area contributed by atoms with Crippen molar-refractivity contribution in [3.05, 3.63) is 35.7 Å². The van der Waals surface area contributed by atoms with Crippen LogP contribution in [0.15, 0.2) is 28.8 Å². The molecule has 25 heavy (non-hydrogen) atoms. The monoisotopic (exact) mass is 355 g/mol. The van der Waals surface area contributed by atoms with Gasteiger partial charge in [-0.3, -0.25) is 4.79 Å². The standard InChI is InChI=1S/C16H16F3N3O3/c1-9-7-22(8-10(2)24-9)14(23)12-5-3-11(4-6-12)13-20-15(25-21-13)16(17,18)19/h3-6,9-10H,7-8H2,1-2H3. The van der Waals surface area contributed by atoms with Gasteiger partial charge >= 0.3 is 12.1 Å². The fraction of sp³-hybridized carbons (Fsp3) is 0.438. The first kappa shape index (κ1) is 17.4. The summed E-state index contributed by atoms with van der Waals surface area (Å²) in [6, 6.07) is 6.05. The number of carbonyl (C=O) groups excluding carboxylic acids is 1. The number of aromatic nitrogens is 2. The topological polar surface area (TPSA) is 68.5 Å². The number of ether oxygens (including phenoxy) is 1. The van der Waals surface area contributed by atoms with Crippen molar-refractivity contribution in [2.75, 3.05) is 13.1 Å². The molecule has 1 amide bonds. The zero-order valence-electron chi connectivity index (χ0n) is 13.6. The Balaban J connectivity index is 1.76. The van der Waals surface area contributed by atoms with Crippen LogP contribution < -0.4 is 0 Å². The van der Waals surface area contributed by atoms with Crippen molar-refractivity contribution in [1.82, 2.24) is 15.0 Å². The maximum absolute atomic E-state index is 12.5. The Morgan fingerprint density at radius 1 is 1.16 bits per heavy atom. The van der Waals surface area contributed by atoms with Gasteiger partial charge in [0.05, 0.1) is 12.2 Å². The second kappa shape index (κ2) is 6.47. The zero-order chi connectivity index (χ0) is 18.2. The minimum atomic E-state index is -4.69. The Bertz CT molecular complexity index is 748. The number of halogens is 3. The van der Waals surface area contributed by atoms with E-state index in [9.17, 15) is 18.0 Å². The summed E-state index contributed by atoms with van der Waals surface area (Å²) in [5.74, 6) is -1.74. The first-order valence-corrected chi connectivity index (χ1v) is 7.70. The fourth-order valence-corrected chi connectivity index (χ4v) is 2.74. The number of hydrogen-bond acceptors (Lipinski definition) is 5. The zero-order valence-corrected chi connectivity index (χ0v) is 13.6. The second-order valence-electron chi connectivity index (χ2n) is 5.97. The summed E-state index contributed by atoms with van der Waals surface area (Å²) in [5.41, 5.74) is 0.768. The highest BCUT2D eigenvalue weighted by atomic mass is 19.4. The number of alkyl halides is 3. The maximum atomic E-state index is 12.5. The van der Waals surface area contributed by atoms with E-state index in [-0.39, 0.29) is 23.9 Å². The lowest BCUT2D eigenvalue weighted by molar-refractivity contribution is -0.159. The molecule has 0 aliphatic carbocycles. The first-order valence-electron chi connectivity index (χ1n) is 7.70. The molecule has 9 heteroatoms. The van der Waals surface area contributed by atoms with E-state index in [4.69, 9.17) is 4.74 Å². The largest absolute Gasteiger partial charge is 0.471 e. The Morgan fingerprint density at radius 2 is 1.76 bits per heavy atom. The van der Waals surface area contributed by atoms with Gasteiger partial charge in [0.2, 0.25) is 5.82 Å². The molecule has 1 aromatic heterocycles. The van der Waals surface area contributed by atoms with E-state index in [1.165, 1.54) is 24.3 Å². The summed E-state index contributed by atoms with van der Waals surface area (Å²) in [6.07, 6.45) is -4.79. The van der Waals surface area contributed by atoms with Crippen LogP contribution in [-0.2, 0) is 10.9 Å². The summed E-state index contributed by atoms with van der Waals surface area (Å²) < 4.78 is 47.3. The van der Waals surface area contributed by atoms with E-state index in [1.807, 2.05) is 13.8 Å². The van der Waals surface area contributed by atoms with Crippen molar-refractivity contribution in [2.24, 2.45) is 0 Å². The van der Waals surface area contributed by atoms with Crippen molar-refractivity contribution in [3.8, 4) is 11.4 Å². The highest BCUT2D eigenvalue weighted by Crippen LogP contribution is 2.29. The third kappa shape index (κ3) is 3.81. The average Bonchev–Trinajstić information content (AvgIpc) is 3.03. The normalized spacial score (nSPS) is 21.4. The van der Waals surface area contributed by atoms with Crippen LogP contribution in [0.25, 0.3) is 11.4 Å². The molecule has 1 aliphatic heterocycles. The van der Waals surface area contributed by atoms with Crippen molar-refractivity contribution in [1.29, 1.82) is 0 Å². The average molecular weight is 355 g/mol. The molecule has 2 unspecified atom stereocenters. The number of amides is 1. The molecule has 0 spiro atoms. The summed E-state index contributed by atoms with van der Waals surface area (Å²) >= 11 is 0. The van der Waals surface area contributed by atoms with Gasteiger partial charge in [-0.05, 0) is 26.0 Å². The lowest BCUT2D eigenvalue weighted by atomic mass is 10.1. The SMILES string of the molecule is CC1CN(C(=O)c2ccc(-c3noc(C(F)(F)F)n3)cc2)CC(C)O1. The van der Waals surface area contributed by atoms with Crippen LogP contribution >= 0.6 is 0 Å². The molecule has 134 valence electrons. The van der Waals surface area contributed by atoms with Gasteiger partial charge in [0.25, 0.3) is 5.91 Å². The minimum Gasteiger partial charge on any atom is -0.372 e. The van der Waals surface area contributed by atoms with Gasteiger partial charge in [-0.15, -0.1) is 0 Å². The number of hydrogen-bond donors (Lipinski definition) is 0. The van der Waals surface area contributed by atoms with E-state index < -0.39 is 12.1 Å². The molecule has 0 bridgehead atoms. The van der Waals surface area contributed by atoms with Crippen LogP contribution in [0.2, 0.25) is 0 Å². The van der Waals surface area contributed by atoms with E-state index in [1.54, 1.807) is 4.90 Å². The molecule has 1 saturated heterocycles. The number of carbonyl (C=O) groups is 1.